The fourth-order valence-electron chi connectivity index (χ4n) is 3.46. The second kappa shape index (κ2) is 4.82. The van der Waals surface area contributed by atoms with Gasteiger partial charge in [-0.3, -0.25) is 14.4 Å². The second-order valence-electron chi connectivity index (χ2n) is 6.78. The van der Waals surface area contributed by atoms with Crippen LogP contribution in [0.1, 0.15) is 26.7 Å². The van der Waals surface area contributed by atoms with Crippen molar-refractivity contribution < 1.29 is 14.4 Å². The summed E-state index contributed by atoms with van der Waals surface area (Å²) in [5, 5.41) is 0. The number of carbonyl (C=O) groups is 3. The zero-order chi connectivity index (χ0) is 15.5. The molecule has 1 heterocycles. The number of hydrogen-bond acceptors (Lipinski definition) is 3. The summed E-state index contributed by atoms with van der Waals surface area (Å²) in [6.45, 7) is 3.94. The van der Waals surface area contributed by atoms with Gasteiger partial charge in [0.15, 0.2) is 17.5 Å². The van der Waals surface area contributed by atoms with Crippen molar-refractivity contribution in [2.75, 3.05) is 6.54 Å². The topological polar surface area (TPSA) is 54.5 Å². The van der Waals surface area contributed by atoms with E-state index in [1.54, 1.807) is 11.0 Å². The summed E-state index contributed by atoms with van der Waals surface area (Å²) in [6, 6.07) is 0.166. The Bertz CT molecular complexity index is 561. The van der Waals surface area contributed by atoms with Gasteiger partial charge in [0.2, 0.25) is 5.91 Å². The number of allylic oxidation sites excluding steroid dienone is 1. The number of likely N-dealkylation sites (tertiary alicyclic amines) is 1. The first-order chi connectivity index (χ1) is 9.75. The Kier molecular flexibility index (Phi) is 3.45. The molecule has 1 amide bonds. The molecule has 114 valence electrons. The molecule has 0 spiro atoms. The molecule has 3 rings (SSSR count). The molecule has 4 nitrogen and oxygen atoms in total. The van der Waals surface area contributed by atoms with E-state index in [2.05, 4.69) is 0 Å². The number of nitrogens with zero attached hydrogens (tertiary/aromatic N) is 1. The summed E-state index contributed by atoms with van der Waals surface area (Å²) in [5.41, 5.74) is -0.306. The van der Waals surface area contributed by atoms with Crippen molar-refractivity contribution in [3.05, 3.63) is 10.6 Å². The van der Waals surface area contributed by atoms with Crippen LogP contribution >= 0.6 is 23.2 Å². The van der Waals surface area contributed by atoms with Crippen molar-refractivity contribution in [3.63, 3.8) is 0 Å². The van der Waals surface area contributed by atoms with Crippen molar-refractivity contribution in [1.82, 2.24) is 4.90 Å². The van der Waals surface area contributed by atoms with Gasteiger partial charge in [-0.2, -0.15) is 0 Å². The van der Waals surface area contributed by atoms with Gasteiger partial charge in [-0.05, 0) is 30.3 Å². The molecule has 0 aromatic carbocycles. The van der Waals surface area contributed by atoms with Crippen molar-refractivity contribution in [1.29, 1.82) is 0 Å². The summed E-state index contributed by atoms with van der Waals surface area (Å²) >= 11 is 11.3. The van der Waals surface area contributed by atoms with Crippen molar-refractivity contribution in [3.8, 4) is 0 Å². The van der Waals surface area contributed by atoms with E-state index in [4.69, 9.17) is 23.2 Å². The molecule has 0 aromatic rings. The van der Waals surface area contributed by atoms with E-state index >= 15 is 0 Å². The molecule has 1 saturated heterocycles. The molecule has 21 heavy (non-hydrogen) atoms. The van der Waals surface area contributed by atoms with Crippen molar-refractivity contribution in [2.24, 2.45) is 23.2 Å². The highest BCUT2D eigenvalue weighted by Gasteiger charge is 2.64. The van der Waals surface area contributed by atoms with Crippen LogP contribution in [0.3, 0.4) is 0 Å². The van der Waals surface area contributed by atoms with Gasteiger partial charge in [-0.15, -0.1) is 0 Å². The Morgan fingerprint density at radius 3 is 2.43 bits per heavy atom. The lowest BCUT2D eigenvalue weighted by molar-refractivity contribution is -0.140. The lowest BCUT2D eigenvalue weighted by Gasteiger charge is -2.13. The van der Waals surface area contributed by atoms with Gasteiger partial charge < -0.3 is 4.90 Å². The van der Waals surface area contributed by atoms with Crippen LogP contribution in [0.25, 0.3) is 0 Å². The second-order valence-corrected chi connectivity index (χ2v) is 7.79. The first-order valence-corrected chi connectivity index (χ1v) is 7.90. The number of carbonyl (C=O) groups excluding carboxylic acids is 3. The minimum Gasteiger partial charge on any atom is -0.331 e. The number of rotatable bonds is 4. The molecular weight excluding hydrogens is 313 g/mol. The van der Waals surface area contributed by atoms with E-state index in [9.17, 15) is 14.4 Å². The molecule has 0 N–H and O–H groups in total. The average Bonchev–Trinajstić information content (AvgIpc) is 3.23. The Balaban J connectivity index is 1.78. The lowest BCUT2D eigenvalue weighted by atomic mass is 9.94. The quantitative estimate of drug-likeness (QED) is 0.744. The van der Waals surface area contributed by atoms with E-state index in [1.807, 2.05) is 13.8 Å². The summed E-state index contributed by atoms with van der Waals surface area (Å²) in [4.78, 5) is 38.6. The van der Waals surface area contributed by atoms with E-state index in [0.29, 0.717) is 0 Å². The Morgan fingerprint density at radius 2 is 1.90 bits per heavy atom. The molecule has 0 bridgehead atoms. The summed E-state index contributed by atoms with van der Waals surface area (Å²) < 4.78 is 0.118. The summed E-state index contributed by atoms with van der Waals surface area (Å²) in [6.07, 6.45) is 3.50. The molecule has 1 aliphatic heterocycles. The molecule has 0 aromatic heterocycles. The molecule has 2 saturated carbocycles. The van der Waals surface area contributed by atoms with Crippen LogP contribution in [0.4, 0.5) is 0 Å². The van der Waals surface area contributed by atoms with Crippen LogP contribution in [-0.4, -0.2) is 35.0 Å². The van der Waals surface area contributed by atoms with Crippen LogP contribution in [0.5, 0.6) is 0 Å². The predicted octanol–water partition coefficient (Wildman–Crippen LogP) is 2.34. The molecule has 3 fully saturated rings. The zero-order valence-electron chi connectivity index (χ0n) is 11.9. The molecule has 3 atom stereocenters. The zero-order valence-corrected chi connectivity index (χ0v) is 13.4. The fourth-order valence-corrected chi connectivity index (χ4v) is 3.74. The van der Waals surface area contributed by atoms with Crippen LogP contribution in [0.15, 0.2) is 10.6 Å². The largest absolute Gasteiger partial charge is 0.331 e. The highest BCUT2D eigenvalue weighted by Crippen LogP contribution is 2.61. The van der Waals surface area contributed by atoms with Gasteiger partial charge in [0.1, 0.15) is 4.49 Å². The summed E-state index contributed by atoms with van der Waals surface area (Å²) in [7, 11) is 0. The third-order valence-electron chi connectivity index (χ3n) is 4.97. The van der Waals surface area contributed by atoms with Gasteiger partial charge in [0.25, 0.3) is 0 Å². The van der Waals surface area contributed by atoms with Crippen molar-refractivity contribution >= 4 is 40.7 Å². The normalized spacial score (nSPS) is 34.1. The molecule has 0 radical (unpaired) electrons. The van der Waals surface area contributed by atoms with Crippen LogP contribution < -0.4 is 0 Å². The van der Waals surface area contributed by atoms with Crippen molar-refractivity contribution in [2.45, 2.75) is 32.7 Å². The Labute approximate surface area is 133 Å². The highest BCUT2D eigenvalue weighted by atomic mass is 35.5. The van der Waals surface area contributed by atoms with Gasteiger partial charge in [-0.25, -0.2) is 0 Å². The molecule has 3 aliphatic rings. The minimum atomic E-state index is -1.11. The van der Waals surface area contributed by atoms with Crippen LogP contribution in [0.2, 0.25) is 0 Å². The Hall–Kier alpha value is -0.870. The van der Waals surface area contributed by atoms with Gasteiger partial charge in [0.05, 0.1) is 6.54 Å². The number of halogens is 2. The van der Waals surface area contributed by atoms with E-state index in [1.165, 1.54) is 0 Å². The highest BCUT2D eigenvalue weighted by molar-refractivity contribution is 6.55. The van der Waals surface area contributed by atoms with E-state index in [-0.39, 0.29) is 51.8 Å². The molecular formula is C15H17Cl2NO3. The fraction of sp³-hybridized carbons (Fsp3) is 0.667. The molecule has 6 heteroatoms. The third kappa shape index (κ3) is 2.42. The number of Topliss-reactive ketones (excluding diaryl/α,β-unsaturated/α-hetero) is 2. The number of hydrogen-bond donors (Lipinski definition) is 0. The smallest absolute Gasteiger partial charge is 0.241 e. The minimum absolute atomic E-state index is 0.0871. The number of amides is 1. The van der Waals surface area contributed by atoms with E-state index < -0.39 is 5.92 Å². The van der Waals surface area contributed by atoms with Gasteiger partial charge >= 0.3 is 0 Å². The maximum Gasteiger partial charge on any atom is 0.241 e. The van der Waals surface area contributed by atoms with Crippen LogP contribution in [-0.2, 0) is 14.4 Å². The number of ketones is 2. The average molecular weight is 330 g/mol. The first-order valence-electron chi connectivity index (χ1n) is 7.15. The predicted molar refractivity (Wildman–Crippen MR) is 78.8 cm³/mol. The standard InChI is InChI=1S/C15H17Cl2NO3/c1-15(2)8(5-10(16)17)12(15)13(20)11-9(19)6-18(14(11)21)7-3-4-7/h5,7-8,11-12H,3-4,6H2,1-2H3. The maximum absolute atomic E-state index is 12.6. The monoisotopic (exact) mass is 329 g/mol. The SMILES string of the molecule is CC1(C)C(C=C(Cl)Cl)C1C(=O)C1C(=O)CN(C2CC2)C1=O. The van der Waals surface area contributed by atoms with Gasteiger partial charge in [0, 0.05) is 12.0 Å². The molecule has 3 unspecified atom stereocenters. The third-order valence-corrected chi connectivity index (χ3v) is 5.23. The lowest BCUT2D eigenvalue weighted by Crippen LogP contribution is -2.33. The van der Waals surface area contributed by atoms with Crippen LogP contribution in [0, 0.1) is 23.2 Å². The molecule has 2 aliphatic carbocycles. The van der Waals surface area contributed by atoms with E-state index in [0.717, 1.165) is 12.8 Å². The van der Waals surface area contributed by atoms with Gasteiger partial charge in [-0.1, -0.05) is 37.0 Å². The maximum atomic E-state index is 12.6. The summed E-state index contributed by atoms with van der Waals surface area (Å²) in [5.74, 6) is -2.42. The first kappa shape index (κ1) is 15.0. The Morgan fingerprint density at radius 1 is 1.29 bits per heavy atom.